The van der Waals surface area contributed by atoms with E-state index in [1.165, 1.54) is 0 Å². The number of nitrogens with zero attached hydrogens (tertiary/aromatic N) is 2. The van der Waals surface area contributed by atoms with Crippen LogP contribution >= 0.6 is 0 Å². The highest BCUT2D eigenvalue weighted by atomic mass is 16.3. The van der Waals surface area contributed by atoms with Gasteiger partial charge in [0.25, 0.3) is 0 Å². The Morgan fingerprint density at radius 1 is 1.22 bits per heavy atom. The number of β-amino-alcohol motifs (C(OH)–C–C–N with tert-alkyl or cyclic N) is 1. The fourth-order valence-corrected chi connectivity index (χ4v) is 2.83. The SMILES string of the molecule is CN(c1ccccc1)c1ccc(CNCC2CNCC2O)cn1. The Morgan fingerprint density at radius 2 is 2.04 bits per heavy atom. The number of hydrogen-bond donors (Lipinski definition) is 3. The van der Waals surface area contributed by atoms with Crippen molar-refractivity contribution in [2.45, 2.75) is 12.6 Å². The molecule has 3 rings (SSSR count). The molecule has 2 heterocycles. The third-order valence-corrected chi connectivity index (χ3v) is 4.34. The zero-order valence-electron chi connectivity index (χ0n) is 13.4. The van der Waals surface area contributed by atoms with E-state index in [4.69, 9.17) is 0 Å². The van der Waals surface area contributed by atoms with E-state index in [1.807, 2.05) is 37.5 Å². The summed E-state index contributed by atoms with van der Waals surface area (Å²) in [5.41, 5.74) is 2.27. The fourth-order valence-electron chi connectivity index (χ4n) is 2.83. The minimum Gasteiger partial charge on any atom is -0.391 e. The van der Waals surface area contributed by atoms with Gasteiger partial charge in [-0.15, -0.1) is 0 Å². The van der Waals surface area contributed by atoms with Crippen LogP contribution in [0.5, 0.6) is 0 Å². The monoisotopic (exact) mass is 312 g/mol. The summed E-state index contributed by atoms with van der Waals surface area (Å²) in [6.45, 7) is 3.17. The van der Waals surface area contributed by atoms with E-state index < -0.39 is 0 Å². The highest BCUT2D eigenvalue weighted by Crippen LogP contribution is 2.20. The lowest BCUT2D eigenvalue weighted by molar-refractivity contribution is 0.146. The highest BCUT2D eigenvalue weighted by molar-refractivity contribution is 5.58. The molecule has 1 aliphatic rings. The zero-order chi connectivity index (χ0) is 16.1. The highest BCUT2D eigenvalue weighted by Gasteiger charge is 2.23. The number of benzene rings is 1. The molecule has 2 aromatic rings. The van der Waals surface area contributed by atoms with E-state index in [0.717, 1.165) is 36.7 Å². The van der Waals surface area contributed by atoms with Gasteiger partial charge in [-0.2, -0.15) is 0 Å². The van der Waals surface area contributed by atoms with Gasteiger partial charge in [-0.3, -0.25) is 0 Å². The van der Waals surface area contributed by atoms with E-state index in [2.05, 4.69) is 38.7 Å². The van der Waals surface area contributed by atoms with Crippen LogP contribution in [0.15, 0.2) is 48.7 Å². The fraction of sp³-hybridized carbons (Fsp3) is 0.389. The number of aliphatic hydroxyl groups is 1. The first-order valence-electron chi connectivity index (χ1n) is 8.07. The minimum absolute atomic E-state index is 0.234. The molecule has 0 amide bonds. The van der Waals surface area contributed by atoms with E-state index in [9.17, 15) is 5.11 Å². The van der Waals surface area contributed by atoms with Gasteiger partial charge >= 0.3 is 0 Å². The first-order valence-corrected chi connectivity index (χ1v) is 8.07. The summed E-state index contributed by atoms with van der Waals surface area (Å²) < 4.78 is 0. The lowest BCUT2D eigenvalue weighted by Crippen LogP contribution is -2.30. The summed E-state index contributed by atoms with van der Waals surface area (Å²) in [4.78, 5) is 6.61. The van der Waals surface area contributed by atoms with Gasteiger partial charge < -0.3 is 20.6 Å². The molecule has 2 atom stereocenters. The molecule has 1 fully saturated rings. The molecule has 0 saturated carbocycles. The van der Waals surface area contributed by atoms with Crippen LogP contribution in [0.1, 0.15) is 5.56 Å². The summed E-state index contributed by atoms with van der Waals surface area (Å²) in [6.07, 6.45) is 1.67. The first-order chi connectivity index (χ1) is 11.2. The largest absolute Gasteiger partial charge is 0.391 e. The lowest BCUT2D eigenvalue weighted by atomic mass is 10.1. The Hall–Kier alpha value is -1.95. The molecule has 23 heavy (non-hydrogen) atoms. The molecule has 5 nitrogen and oxygen atoms in total. The van der Waals surface area contributed by atoms with E-state index >= 15 is 0 Å². The van der Waals surface area contributed by atoms with Crippen LogP contribution in [0.2, 0.25) is 0 Å². The smallest absolute Gasteiger partial charge is 0.132 e. The van der Waals surface area contributed by atoms with Crippen molar-refractivity contribution >= 4 is 11.5 Å². The second-order valence-electron chi connectivity index (χ2n) is 6.04. The van der Waals surface area contributed by atoms with Crippen LogP contribution in [-0.2, 0) is 6.54 Å². The average molecular weight is 312 g/mol. The van der Waals surface area contributed by atoms with Crippen LogP contribution in [0, 0.1) is 5.92 Å². The molecule has 0 aliphatic carbocycles. The zero-order valence-corrected chi connectivity index (χ0v) is 13.4. The maximum atomic E-state index is 9.77. The molecule has 122 valence electrons. The number of hydrogen-bond acceptors (Lipinski definition) is 5. The van der Waals surface area contributed by atoms with Crippen molar-refractivity contribution in [3.63, 3.8) is 0 Å². The van der Waals surface area contributed by atoms with Crippen LogP contribution in [0.4, 0.5) is 11.5 Å². The second kappa shape index (κ2) is 7.55. The van der Waals surface area contributed by atoms with Crippen LogP contribution < -0.4 is 15.5 Å². The van der Waals surface area contributed by atoms with Gasteiger partial charge in [0.05, 0.1) is 6.10 Å². The Balaban J connectivity index is 1.53. The van der Waals surface area contributed by atoms with Crippen molar-refractivity contribution in [2.75, 3.05) is 31.6 Å². The summed E-state index contributed by atoms with van der Waals surface area (Å²) in [7, 11) is 2.02. The van der Waals surface area contributed by atoms with Gasteiger partial charge in [0.1, 0.15) is 5.82 Å². The predicted octanol–water partition coefficient (Wildman–Crippen LogP) is 1.52. The van der Waals surface area contributed by atoms with Gasteiger partial charge in [0, 0.05) is 51.0 Å². The number of pyridine rings is 1. The molecule has 1 saturated heterocycles. The van der Waals surface area contributed by atoms with Crippen molar-refractivity contribution in [3.05, 3.63) is 54.2 Å². The van der Waals surface area contributed by atoms with Crippen LogP contribution in [-0.4, -0.2) is 42.9 Å². The Labute approximate surface area is 137 Å². The van der Waals surface area contributed by atoms with E-state index in [1.54, 1.807) is 0 Å². The van der Waals surface area contributed by atoms with Crippen molar-refractivity contribution < 1.29 is 5.11 Å². The maximum absolute atomic E-state index is 9.77. The lowest BCUT2D eigenvalue weighted by Gasteiger charge is -2.18. The van der Waals surface area contributed by atoms with Crippen LogP contribution in [0.25, 0.3) is 0 Å². The summed E-state index contributed by atoms with van der Waals surface area (Å²) >= 11 is 0. The summed E-state index contributed by atoms with van der Waals surface area (Å²) in [5, 5.41) is 16.4. The first kappa shape index (κ1) is 15.9. The molecule has 3 N–H and O–H groups in total. The number of anilines is 2. The number of para-hydroxylation sites is 1. The van der Waals surface area contributed by atoms with Gasteiger partial charge in [-0.05, 0) is 23.8 Å². The number of nitrogens with one attached hydrogen (secondary N) is 2. The Bertz CT molecular complexity index is 602. The van der Waals surface area contributed by atoms with Gasteiger partial charge in [-0.25, -0.2) is 4.98 Å². The van der Waals surface area contributed by atoms with Gasteiger partial charge in [0.15, 0.2) is 0 Å². The third kappa shape index (κ3) is 4.07. The van der Waals surface area contributed by atoms with Crippen molar-refractivity contribution in [1.29, 1.82) is 0 Å². The molecule has 1 aliphatic heterocycles. The molecular formula is C18H24N4O. The van der Waals surface area contributed by atoms with Gasteiger partial charge in [0.2, 0.25) is 0 Å². The third-order valence-electron chi connectivity index (χ3n) is 4.34. The van der Waals surface area contributed by atoms with Crippen molar-refractivity contribution in [3.8, 4) is 0 Å². The van der Waals surface area contributed by atoms with Crippen molar-refractivity contribution in [2.24, 2.45) is 5.92 Å². The molecule has 1 aromatic heterocycles. The average Bonchev–Trinajstić information content (AvgIpc) is 3.01. The quantitative estimate of drug-likeness (QED) is 0.755. The molecule has 0 bridgehead atoms. The van der Waals surface area contributed by atoms with Crippen molar-refractivity contribution in [1.82, 2.24) is 15.6 Å². The van der Waals surface area contributed by atoms with E-state index in [-0.39, 0.29) is 6.10 Å². The molecule has 1 aromatic carbocycles. The van der Waals surface area contributed by atoms with Crippen LogP contribution in [0.3, 0.4) is 0 Å². The summed E-state index contributed by atoms with van der Waals surface area (Å²) in [6, 6.07) is 14.3. The molecule has 0 spiro atoms. The summed E-state index contributed by atoms with van der Waals surface area (Å²) in [5.74, 6) is 1.22. The normalized spacial score (nSPS) is 20.6. The Morgan fingerprint density at radius 3 is 2.70 bits per heavy atom. The number of aliphatic hydroxyl groups excluding tert-OH is 1. The topological polar surface area (TPSA) is 60.4 Å². The second-order valence-corrected chi connectivity index (χ2v) is 6.04. The molecule has 0 radical (unpaired) electrons. The predicted molar refractivity (Wildman–Crippen MR) is 92.8 cm³/mol. The molecular weight excluding hydrogens is 288 g/mol. The maximum Gasteiger partial charge on any atom is 0.132 e. The van der Waals surface area contributed by atoms with E-state index in [0.29, 0.717) is 12.5 Å². The molecule has 5 heteroatoms. The number of rotatable bonds is 6. The Kier molecular flexibility index (Phi) is 5.23. The standard InChI is InChI=1S/C18H24N4O/c1-22(16-5-3-2-4-6-16)18-8-7-14(10-21-18)9-19-11-15-12-20-13-17(15)23/h2-8,10,15,17,19-20,23H,9,11-13H2,1H3. The molecule has 2 unspecified atom stereocenters. The number of aromatic nitrogens is 1. The minimum atomic E-state index is -0.234. The van der Waals surface area contributed by atoms with Gasteiger partial charge in [-0.1, -0.05) is 24.3 Å².